The van der Waals surface area contributed by atoms with Gasteiger partial charge in [-0.15, -0.1) is 0 Å². The van der Waals surface area contributed by atoms with Crippen LogP contribution in [0.5, 0.6) is 0 Å². The zero-order valence-electron chi connectivity index (χ0n) is 34.1. The van der Waals surface area contributed by atoms with Crippen molar-refractivity contribution in [2.75, 3.05) is 9.80 Å². The molecule has 4 heterocycles. The Morgan fingerprint density at radius 2 is 0.836 bits per heavy atom. The van der Waals surface area contributed by atoms with Crippen molar-refractivity contribution in [3.8, 4) is 5.69 Å². The van der Waals surface area contributed by atoms with Gasteiger partial charge < -0.3 is 14.4 Å². The van der Waals surface area contributed by atoms with Gasteiger partial charge in [0.05, 0.1) is 45.4 Å². The van der Waals surface area contributed by atoms with Crippen molar-refractivity contribution < 1.29 is 0 Å². The largest absolute Gasteiger partial charge is 0.310 e. The topological polar surface area (TPSA) is 24.3 Å². The summed E-state index contributed by atoms with van der Waals surface area (Å²) < 4.78 is 2.42. The van der Waals surface area contributed by atoms with Crippen LogP contribution in [-0.2, 0) is 10.8 Å². The quantitative estimate of drug-likeness (QED) is 0.174. The number of anilines is 6. The number of benzene rings is 8. The number of fused-ring (bicyclic) bond motifs is 7. The molecule has 0 unspecified atom stereocenters. The molecule has 0 radical (unpaired) electrons. The van der Waals surface area contributed by atoms with Crippen molar-refractivity contribution in [2.45, 2.75) is 24.7 Å². The highest BCUT2D eigenvalue weighted by molar-refractivity contribution is 6.09. The standard InChI is InChI=1S/C57H42N4/c1-56(2)46-23-11-15-27-52(46)59(54-34-33-43(37-49(54)56)61-50-25-13-9-21-44(50)45-22-10-14-26-51(45)61)41-29-31-42(32-30-41)60-53-28-16-12-24-47(53)57(39-17-5-3-6-18-39,40-19-7-4-8-20-40)48-35-36-58-38-55(48)60/h3-38H,1-2H3. The van der Waals surface area contributed by atoms with E-state index in [4.69, 9.17) is 4.98 Å². The average molecular weight is 783 g/mol. The number of rotatable bonds is 5. The molecule has 8 aromatic carbocycles. The summed E-state index contributed by atoms with van der Waals surface area (Å²) >= 11 is 0. The van der Waals surface area contributed by atoms with E-state index in [-0.39, 0.29) is 5.41 Å². The van der Waals surface area contributed by atoms with E-state index in [0.29, 0.717) is 0 Å². The summed E-state index contributed by atoms with van der Waals surface area (Å²) in [6.45, 7) is 4.73. The number of aromatic nitrogens is 2. The zero-order chi connectivity index (χ0) is 40.7. The van der Waals surface area contributed by atoms with E-state index in [0.717, 1.165) is 28.4 Å². The maximum atomic E-state index is 4.76. The van der Waals surface area contributed by atoms with Crippen LogP contribution in [0.15, 0.2) is 219 Å². The molecule has 2 aromatic heterocycles. The van der Waals surface area contributed by atoms with Crippen LogP contribution in [0.3, 0.4) is 0 Å². The average Bonchev–Trinajstić information content (AvgIpc) is 3.66. The van der Waals surface area contributed by atoms with E-state index in [1.807, 2.05) is 12.4 Å². The highest BCUT2D eigenvalue weighted by Crippen LogP contribution is 2.58. The van der Waals surface area contributed by atoms with Gasteiger partial charge in [0, 0.05) is 39.4 Å². The molecule has 2 aliphatic heterocycles. The van der Waals surface area contributed by atoms with Gasteiger partial charge in [-0.05, 0) is 106 Å². The van der Waals surface area contributed by atoms with Crippen LogP contribution in [-0.4, -0.2) is 9.55 Å². The lowest BCUT2D eigenvalue weighted by Gasteiger charge is -2.46. The molecule has 0 fully saturated rings. The maximum absolute atomic E-state index is 4.76. The summed E-state index contributed by atoms with van der Waals surface area (Å²) in [4.78, 5) is 9.60. The van der Waals surface area contributed by atoms with Gasteiger partial charge in [0.1, 0.15) is 0 Å². The molecule has 0 atom stereocenters. The molecule has 290 valence electrons. The Morgan fingerprint density at radius 3 is 1.46 bits per heavy atom. The van der Waals surface area contributed by atoms with E-state index < -0.39 is 5.41 Å². The van der Waals surface area contributed by atoms with Crippen molar-refractivity contribution in [2.24, 2.45) is 0 Å². The van der Waals surface area contributed by atoms with Crippen molar-refractivity contribution in [1.29, 1.82) is 0 Å². The van der Waals surface area contributed by atoms with Crippen LogP contribution < -0.4 is 9.80 Å². The lowest BCUT2D eigenvalue weighted by molar-refractivity contribution is 0.631. The monoisotopic (exact) mass is 782 g/mol. The van der Waals surface area contributed by atoms with Crippen molar-refractivity contribution in [1.82, 2.24) is 9.55 Å². The normalized spacial score (nSPS) is 14.6. The van der Waals surface area contributed by atoms with Crippen molar-refractivity contribution in [3.05, 3.63) is 252 Å². The minimum Gasteiger partial charge on any atom is -0.310 e. The summed E-state index contributed by atoms with van der Waals surface area (Å²) in [6.07, 6.45) is 3.97. The smallest absolute Gasteiger partial charge is 0.0743 e. The van der Waals surface area contributed by atoms with E-state index >= 15 is 0 Å². The van der Waals surface area contributed by atoms with Crippen LogP contribution in [0.25, 0.3) is 27.5 Å². The minimum atomic E-state index is -0.542. The molecule has 61 heavy (non-hydrogen) atoms. The van der Waals surface area contributed by atoms with Crippen LogP contribution in [0, 0.1) is 0 Å². The molecule has 0 N–H and O–H groups in total. The Balaban J connectivity index is 1.01. The van der Waals surface area contributed by atoms with E-state index in [1.165, 1.54) is 66.6 Å². The SMILES string of the molecule is CC1(C)c2ccccc2N(c2ccc(N3c4ccccc4C(c4ccccc4)(c4ccccc4)c4ccncc43)cc2)c2ccc(-n3c4ccccc4c4ccccc43)cc21. The van der Waals surface area contributed by atoms with E-state index in [2.05, 4.69) is 234 Å². The lowest BCUT2D eigenvalue weighted by Crippen LogP contribution is -2.37. The molecule has 4 nitrogen and oxygen atoms in total. The third-order valence-electron chi connectivity index (χ3n) is 13.3. The predicted octanol–water partition coefficient (Wildman–Crippen LogP) is 14.5. The van der Waals surface area contributed by atoms with Gasteiger partial charge in [-0.25, -0.2) is 0 Å². The van der Waals surface area contributed by atoms with Crippen LogP contribution in [0.2, 0.25) is 0 Å². The Bertz CT molecular complexity index is 3150. The number of para-hydroxylation sites is 4. The maximum Gasteiger partial charge on any atom is 0.0743 e. The predicted molar refractivity (Wildman–Crippen MR) is 252 cm³/mol. The first kappa shape index (κ1) is 35.3. The van der Waals surface area contributed by atoms with Crippen molar-refractivity contribution >= 4 is 55.9 Å². The molecule has 0 spiro atoms. The van der Waals surface area contributed by atoms with Gasteiger partial charge in [-0.2, -0.15) is 0 Å². The fourth-order valence-corrected chi connectivity index (χ4v) is 10.6. The van der Waals surface area contributed by atoms with E-state index in [1.54, 1.807) is 0 Å². The molecule has 4 heteroatoms. The van der Waals surface area contributed by atoms with Gasteiger partial charge in [0.2, 0.25) is 0 Å². The first-order valence-electron chi connectivity index (χ1n) is 21.1. The molecular weight excluding hydrogens is 741 g/mol. The van der Waals surface area contributed by atoms with Gasteiger partial charge in [0.15, 0.2) is 0 Å². The number of pyridine rings is 1. The van der Waals surface area contributed by atoms with Gasteiger partial charge >= 0.3 is 0 Å². The van der Waals surface area contributed by atoms with Crippen LogP contribution >= 0.6 is 0 Å². The third-order valence-corrected chi connectivity index (χ3v) is 13.3. The van der Waals surface area contributed by atoms with Crippen molar-refractivity contribution in [3.63, 3.8) is 0 Å². The van der Waals surface area contributed by atoms with Crippen LogP contribution in [0.4, 0.5) is 34.1 Å². The number of nitrogens with zero attached hydrogens (tertiary/aromatic N) is 4. The minimum absolute atomic E-state index is 0.241. The molecule has 0 saturated carbocycles. The molecule has 0 saturated heterocycles. The molecule has 0 amide bonds. The van der Waals surface area contributed by atoms with Crippen LogP contribution in [0.1, 0.15) is 47.2 Å². The molecule has 2 aliphatic rings. The third kappa shape index (κ3) is 5.03. The zero-order valence-corrected chi connectivity index (χ0v) is 34.1. The number of hydrogen-bond acceptors (Lipinski definition) is 3. The van der Waals surface area contributed by atoms with E-state index in [9.17, 15) is 0 Å². The Kier molecular flexibility index (Phi) is 7.76. The molecule has 0 bridgehead atoms. The molecular formula is C57H42N4. The highest BCUT2D eigenvalue weighted by Gasteiger charge is 2.46. The summed E-state index contributed by atoms with van der Waals surface area (Å²) in [5, 5.41) is 2.53. The Hall–Kier alpha value is -7.69. The molecule has 10 aromatic rings. The summed E-state index contributed by atoms with van der Waals surface area (Å²) in [5.41, 5.74) is 17.1. The summed E-state index contributed by atoms with van der Waals surface area (Å²) in [5.74, 6) is 0. The molecule has 0 aliphatic carbocycles. The Labute approximate surface area is 356 Å². The summed E-state index contributed by atoms with van der Waals surface area (Å²) in [7, 11) is 0. The van der Waals surface area contributed by atoms with Gasteiger partial charge in [0.25, 0.3) is 0 Å². The fourth-order valence-electron chi connectivity index (χ4n) is 10.6. The van der Waals surface area contributed by atoms with Gasteiger partial charge in [-0.3, -0.25) is 4.98 Å². The number of hydrogen-bond donors (Lipinski definition) is 0. The fraction of sp³-hybridized carbons (Fsp3) is 0.0702. The first-order valence-corrected chi connectivity index (χ1v) is 21.1. The first-order chi connectivity index (χ1) is 30.0. The second-order valence-electron chi connectivity index (χ2n) is 16.8. The lowest BCUT2D eigenvalue weighted by atomic mass is 9.62. The Morgan fingerprint density at radius 1 is 0.377 bits per heavy atom. The second kappa shape index (κ2) is 13.4. The molecule has 12 rings (SSSR count). The highest BCUT2D eigenvalue weighted by atomic mass is 15.2. The second-order valence-corrected chi connectivity index (χ2v) is 16.8. The van der Waals surface area contributed by atoms with Gasteiger partial charge in [-0.1, -0.05) is 147 Å². The summed E-state index contributed by atoms with van der Waals surface area (Å²) in [6, 6.07) is 75.5.